The summed E-state index contributed by atoms with van der Waals surface area (Å²) < 4.78 is 4.44. The van der Waals surface area contributed by atoms with Crippen molar-refractivity contribution in [2.75, 3.05) is 19.0 Å². The van der Waals surface area contributed by atoms with Crippen LogP contribution in [-0.4, -0.2) is 68.4 Å². The summed E-state index contributed by atoms with van der Waals surface area (Å²) >= 11 is 5.37. The van der Waals surface area contributed by atoms with Crippen LogP contribution in [0.15, 0.2) is 54.6 Å². The van der Waals surface area contributed by atoms with Gasteiger partial charge >= 0.3 is 0 Å². The first-order valence-corrected chi connectivity index (χ1v) is 15.0. The van der Waals surface area contributed by atoms with E-state index in [1.165, 1.54) is 0 Å². The second kappa shape index (κ2) is 11.1. The number of rotatable bonds is 9. The molecule has 3 N–H and O–H groups in total. The Labute approximate surface area is 241 Å². The van der Waals surface area contributed by atoms with E-state index in [1.807, 2.05) is 44.2 Å². The number of ether oxygens (including phenoxy) is 1. The second-order valence-electron chi connectivity index (χ2n) is 10.8. The van der Waals surface area contributed by atoms with Gasteiger partial charge in [-0.25, -0.2) is 0 Å². The summed E-state index contributed by atoms with van der Waals surface area (Å²) in [5, 5.41) is 16.3. The Morgan fingerprint density at radius 2 is 1.85 bits per heavy atom. The van der Waals surface area contributed by atoms with Gasteiger partial charge in [0.1, 0.15) is 11.8 Å². The van der Waals surface area contributed by atoms with Crippen LogP contribution >= 0.6 is 27.7 Å². The molecule has 2 aromatic rings. The van der Waals surface area contributed by atoms with Crippen molar-refractivity contribution in [1.29, 1.82) is 0 Å². The SMILES string of the molecule is COc1ccc(NC(=O)C2N([C@@H](CO)C(C)C)C(=O)[C@@H]3[C@H](C(=O)NCc4ccccc4)[C@H]4SC23CC4Br)cc1. The molecule has 208 valence electrons. The number of fused-ring (bicyclic) bond motifs is 1. The summed E-state index contributed by atoms with van der Waals surface area (Å²) in [5.74, 6) is -1.38. The van der Waals surface area contributed by atoms with E-state index in [9.17, 15) is 19.5 Å². The Hall–Kier alpha value is -2.56. The number of nitrogens with one attached hydrogen (secondary N) is 2. The number of halogens is 1. The van der Waals surface area contributed by atoms with Crippen LogP contribution in [0.1, 0.15) is 25.8 Å². The molecule has 3 aliphatic heterocycles. The first-order valence-electron chi connectivity index (χ1n) is 13.2. The molecule has 39 heavy (non-hydrogen) atoms. The van der Waals surface area contributed by atoms with Crippen molar-refractivity contribution in [3.63, 3.8) is 0 Å². The number of anilines is 1. The number of aliphatic hydroxyl groups is 1. The van der Waals surface area contributed by atoms with E-state index in [0.29, 0.717) is 24.4 Å². The molecule has 0 radical (unpaired) electrons. The topological polar surface area (TPSA) is 108 Å². The summed E-state index contributed by atoms with van der Waals surface area (Å²) in [6.45, 7) is 3.96. The summed E-state index contributed by atoms with van der Waals surface area (Å²) in [5.41, 5.74) is 1.56. The molecule has 0 aromatic heterocycles. The molecule has 3 fully saturated rings. The van der Waals surface area contributed by atoms with Crippen molar-refractivity contribution < 1.29 is 24.2 Å². The number of carbonyl (C=O) groups is 3. The van der Waals surface area contributed by atoms with Gasteiger partial charge in [0.15, 0.2) is 0 Å². The first kappa shape index (κ1) is 28.0. The van der Waals surface area contributed by atoms with Gasteiger partial charge in [0.25, 0.3) is 0 Å². The molecule has 0 aliphatic carbocycles. The summed E-state index contributed by atoms with van der Waals surface area (Å²) in [4.78, 5) is 43.5. The number of hydrogen-bond acceptors (Lipinski definition) is 6. The lowest BCUT2D eigenvalue weighted by Gasteiger charge is -2.38. The van der Waals surface area contributed by atoms with Crippen LogP contribution in [0.4, 0.5) is 5.69 Å². The van der Waals surface area contributed by atoms with Crippen molar-refractivity contribution in [2.24, 2.45) is 17.8 Å². The maximum atomic E-state index is 14.2. The molecule has 3 unspecified atom stereocenters. The molecular weight excluding hydrogens is 582 g/mol. The number of aliphatic hydroxyl groups excluding tert-OH is 1. The number of amides is 3. The summed E-state index contributed by atoms with van der Waals surface area (Å²) in [6, 6.07) is 15.3. The van der Waals surface area contributed by atoms with Gasteiger partial charge in [0.2, 0.25) is 17.7 Å². The third-order valence-electron chi connectivity index (χ3n) is 8.26. The lowest BCUT2D eigenvalue weighted by molar-refractivity contribution is -0.142. The minimum absolute atomic E-state index is 0.0260. The third kappa shape index (κ3) is 4.85. The standard InChI is InChI=1S/C29H34BrN3O5S/c1-16(2)21(15-34)33-25(27(36)32-18-9-11-19(38-3)12-10-18)29-13-20(30)24(39-29)22(23(29)28(33)37)26(35)31-14-17-7-5-4-6-8-17/h4-12,16,20-25,34H,13-15H2,1-3H3,(H,31,35)(H,32,36)/t20?,21-,22-,23-,24-,25?,29?/m0/s1. The molecule has 2 aromatic carbocycles. The van der Waals surface area contributed by atoms with Crippen molar-refractivity contribution in [3.05, 3.63) is 60.2 Å². The van der Waals surface area contributed by atoms with Gasteiger partial charge in [-0.05, 0) is 42.2 Å². The minimum Gasteiger partial charge on any atom is -0.497 e. The van der Waals surface area contributed by atoms with Gasteiger partial charge in [-0.15, -0.1) is 11.8 Å². The molecule has 10 heteroatoms. The lowest BCUT2D eigenvalue weighted by atomic mass is 9.70. The highest BCUT2D eigenvalue weighted by molar-refractivity contribution is 9.09. The fraction of sp³-hybridized carbons (Fsp3) is 0.483. The molecule has 7 atom stereocenters. The van der Waals surface area contributed by atoms with Gasteiger partial charge < -0.3 is 25.4 Å². The highest BCUT2D eigenvalue weighted by atomic mass is 79.9. The third-order valence-corrected chi connectivity index (χ3v) is 11.5. The van der Waals surface area contributed by atoms with Crippen LogP contribution in [0.2, 0.25) is 0 Å². The fourth-order valence-corrected chi connectivity index (χ4v) is 10.0. The highest BCUT2D eigenvalue weighted by Gasteiger charge is 2.76. The second-order valence-corrected chi connectivity index (χ2v) is 13.5. The monoisotopic (exact) mass is 615 g/mol. The van der Waals surface area contributed by atoms with E-state index in [-0.39, 0.29) is 40.3 Å². The maximum absolute atomic E-state index is 14.2. The number of hydrogen-bond donors (Lipinski definition) is 3. The number of nitrogens with zero attached hydrogens (tertiary/aromatic N) is 1. The summed E-state index contributed by atoms with van der Waals surface area (Å²) in [6.07, 6.45) is 0.578. The number of alkyl halides is 1. The number of carbonyl (C=O) groups excluding carboxylic acids is 3. The molecule has 8 nitrogen and oxygen atoms in total. The summed E-state index contributed by atoms with van der Waals surface area (Å²) in [7, 11) is 1.58. The van der Waals surface area contributed by atoms with Crippen molar-refractivity contribution >= 4 is 51.1 Å². The Kier molecular flexibility index (Phi) is 7.99. The molecule has 5 rings (SSSR count). The quantitative estimate of drug-likeness (QED) is 0.373. The number of methoxy groups -OCH3 is 1. The van der Waals surface area contributed by atoms with Crippen LogP contribution in [0.5, 0.6) is 5.75 Å². The minimum atomic E-state index is -0.835. The average molecular weight is 617 g/mol. The van der Waals surface area contributed by atoms with Gasteiger partial charge in [-0.3, -0.25) is 14.4 Å². The first-order chi connectivity index (χ1) is 18.7. The molecule has 0 saturated carbocycles. The van der Waals surface area contributed by atoms with E-state index in [4.69, 9.17) is 4.74 Å². The number of benzene rings is 2. The zero-order valence-corrected chi connectivity index (χ0v) is 24.6. The van der Waals surface area contributed by atoms with Crippen molar-refractivity contribution in [3.8, 4) is 5.75 Å². The van der Waals surface area contributed by atoms with Gasteiger partial charge in [-0.1, -0.05) is 60.1 Å². The van der Waals surface area contributed by atoms with Crippen LogP contribution in [-0.2, 0) is 20.9 Å². The number of likely N-dealkylation sites (tertiary alicyclic amines) is 1. The maximum Gasteiger partial charge on any atom is 0.248 e. The van der Waals surface area contributed by atoms with E-state index >= 15 is 0 Å². The molecule has 3 aliphatic rings. The predicted molar refractivity (Wildman–Crippen MR) is 155 cm³/mol. The molecule has 3 amide bonds. The van der Waals surface area contributed by atoms with E-state index in [2.05, 4.69) is 26.6 Å². The van der Waals surface area contributed by atoms with Crippen LogP contribution in [0.3, 0.4) is 0 Å². The Morgan fingerprint density at radius 3 is 2.46 bits per heavy atom. The Morgan fingerprint density at radius 1 is 1.15 bits per heavy atom. The Bertz CT molecular complexity index is 1230. The molecular formula is C29H34BrN3O5S. The van der Waals surface area contributed by atoms with Crippen LogP contribution in [0, 0.1) is 17.8 Å². The zero-order chi connectivity index (χ0) is 27.9. The van der Waals surface area contributed by atoms with E-state index in [1.54, 1.807) is 48.0 Å². The molecule has 3 saturated heterocycles. The normalized spacial score (nSPS) is 29.8. The zero-order valence-electron chi connectivity index (χ0n) is 22.2. The largest absolute Gasteiger partial charge is 0.497 e. The molecule has 1 spiro atoms. The smallest absolute Gasteiger partial charge is 0.248 e. The number of thioether (sulfide) groups is 1. The van der Waals surface area contributed by atoms with Crippen molar-refractivity contribution in [1.82, 2.24) is 10.2 Å². The van der Waals surface area contributed by atoms with Crippen LogP contribution in [0.25, 0.3) is 0 Å². The lowest BCUT2D eigenvalue weighted by Crippen LogP contribution is -2.56. The average Bonchev–Trinajstić information content (AvgIpc) is 3.52. The van der Waals surface area contributed by atoms with Crippen molar-refractivity contribution in [2.45, 2.75) is 53.7 Å². The Balaban J connectivity index is 1.48. The van der Waals surface area contributed by atoms with Gasteiger partial charge in [-0.2, -0.15) is 0 Å². The predicted octanol–water partition coefficient (Wildman–Crippen LogP) is 3.43. The highest BCUT2D eigenvalue weighted by Crippen LogP contribution is 2.68. The fourth-order valence-electron chi connectivity index (χ4n) is 6.43. The van der Waals surface area contributed by atoms with E-state index < -0.39 is 28.7 Å². The van der Waals surface area contributed by atoms with Gasteiger partial charge in [0.05, 0.1) is 36.3 Å². The van der Waals surface area contributed by atoms with Gasteiger partial charge in [0, 0.05) is 22.3 Å². The van der Waals surface area contributed by atoms with Crippen LogP contribution < -0.4 is 15.4 Å². The molecule has 2 bridgehead atoms. The molecule has 3 heterocycles. The van der Waals surface area contributed by atoms with E-state index in [0.717, 1.165) is 5.56 Å².